The van der Waals surface area contributed by atoms with Crippen LogP contribution in [-0.2, 0) is 0 Å². The lowest BCUT2D eigenvalue weighted by molar-refractivity contribution is 0.921. The summed E-state index contributed by atoms with van der Waals surface area (Å²) < 4.78 is 9.04. The van der Waals surface area contributed by atoms with Crippen LogP contribution in [0.3, 0.4) is 0 Å². The van der Waals surface area contributed by atoms with Gasteiger partial charge in [-0.2, -0.15) is 0 Å². The summed E-state index contributed by atoms with van der Waals surface area (Å²) in [7, 11) is 0. The molecule has 8 heteroatoms. The zero-order chi connectivity index (χ0) is 13.8. The van der Waals surface area contributed by atoms with Crippen molar-refractivity contribution in [2.45, 2.75) is 19.3 Å². The summed E-state index contributed by atoms with van der Waals surface area (Å²) >= 11 is 15.8. The van der Waals surface area contributed by atoms with Crippen LogP contribution in [0.25, 0.3) is 0 Å². The van der Waals surface area contributed by atoms with E-state index in [1.807, 2.05) is 94.1 Å². The summed E-state index contributed by atoms with van der Waals surface area (Å²) in [5.41, 5.74) is 0. The minimum absolute atomic E-state index is 1.31. The van der Waals surface area contributed by atoms with Gasteiger partial charge in [-0.3, -0.25) is 0 Å². The smallest absolute Gasteiger partial charge is 0.0718 e. The number of hydrogen-bond donors (Lipinski definition) is 0. The van der Waals surface area contributed by atoms with Crippen molar-refractivity contribution in [2.24, 2.45) is 0 Å². The highest BCUT2D eigenvalue weighted by atomic mass is 32.3. The van der Waals surface area contributed by atoms with Crippen LogP contribution in [0.1, 0.15) is 19.3 Å². The third kappa shape index (κ3) is 2.75. The van der Waals surface area contributed by atoms with Crippen LogP contribution in [0.2, 0.25) is 0 Å². The van der Waals surface area contributed by atoms with Gasteiger partial charge < -0.3 is 0 Å². The molecule has 0 atom stereocenters. The molecule has 0 nitrogen and oxygen atoms in total. The average molecular weight is 421 g/mol. The molecule has 0 bridgehead atoms. The average Bonchev–Trinajstić information content (AvgIpc) is 3.23. The van der Waals surface area contributed by atoms with Crippen molar-refractivity contribution in [3.05, 3.63) is 46.0 Å². The first-order valence-corrected chi connectivity index (χ1v) is 13.0. The second-order valence-corrected chi connectivity index (χ2v) is 14.2. The Morgan fingerprint density at radius 1 is 0.524 bits per heavy atom. The standard InChI is InChI=1S/C13H8S8/c1-2-6-7(3-1)17-10(16-6)11-20-12-13(21-11)19-9(18-12)8-14-4-5-15-8/h4-5H,1-3H2. The molecular formula is C13H8S8. The lowest BCUT2D eigenvalue weighted by atomic mass is 10.4. The molecule has 5 aliphatic rings. The highest BCUT2D eigenvalue weighted by Crippen LogP contribution is 2.71. The molecule has 21 heavy (non-hydrogen) atoms. The number of rotatable bonds is 0. The van der Waals surface area contributed by atoms with Crippen molar-refractivity contribution in [3.63, 3.8) is 0 Å². The molecule has 1 aliphatic carbocycles. The minimum Gasteiger partial charge on any atom is -0.0884 e. The fourth-order valence-electron chi connectivity index (χ4n) is 2.29. The van der Waals surface area contributed by atoms with Crippen LogP contribution >= 0.6 is 94.1 Å². The monoisotopic (exact) mass is 420 g/mol. The molecule has 0 radical (unpaired) electrons. The highest BCUT2D eigenvalue weighted by Gasteiger charge is 2.36. The van der Waals surface area contributed by atoms with E-state index in [1.165, 1.54) is 40.4 Å². The number of allylic oxidation sites excluding steroid dienone is 2. The zero-order valence-corrected chi connectivity index (χ0v) is 17.1. The molecule has 0 fully saturated rings. The second-order valence-electron chi connectivity index (χ2n) is 4.54. The molecule has 0 N–H and O–H groups in total. The first-order valence-electron chi connectivity index (χ1n) is 6.37. The number of thioether (sulfide) groups is 8. The van der Waals surface area contributed by atoms with Crippen molar-refractivity contribution in [1.29, 1.82) is 0 Å². The van der Waals surface area contributed by atoms with Gasteiger partial charge in [0.15, 0.2) is 0 Å². The van der Waals surface area contributed by atoms with Crippen molar-refractivity contribution in [3.8, 4) is 0 Å². The molecule has 0 aromatic heterocycles. The van der Waals surface area contributed by atoms with Crippen molar-refractivity contribution in [2.75, 3.05) is 0 Å². The van der Waals surface area contributed by atoms with Gasteiger partial charge in [0.05, 0.1) is 25.4 Å². The van der Waals surface area contributed by atoms with E-state index in [0.29, 0.717) is 0 Å². The van der Waals surface area contributed by atoms with Gasteiger partial charge in [-0.1, -0.05) is 94.1 Å². The Morgan fingerprint density at radius 2 is 0.952 bits per heavy atom. The third-order valence-corrected chi connectivity index (χ3v) is 14.8. The van der Waals surface area contributed by atoms with E-state index in [2.05, 4.69) is 10.8 Å². The molecule has 4 heterocycles. The van der Waals surface area contributed by atoms with Crippen LogP contribution in [0.15, 0.2) is 46.0 Å². The Hall–Kier alpha value is 1.50. The van der Waals surface area contributed by atoms with Crippen molar-refractivity contribution < 1.29 is 0 Å². The molecule has 4 aliphatic heterocycles. The fourth-order valence-corrected chi connectivity index (χ4v) is 14.0. The molecule has 0 saturated heterocycles. The Labute approximate surface area is 158 Å². The summed E-state index contributed by atoms with van der Waals surface area (Å²) in [5, 5.41) is 4.37. The molecule has 0 amide bonds. The minimum atomic E-state index is 1.31. The van der Waals surface area contributed by atoms with Crippen LogP contribution in [0.5, 0.6) is 0 Å². The largest absolute Gasteiger partial charge is 0.0884 e. The van der Waals surface area contributed by atoms with Crippen LogP contribution in [0.4, 0.5) is 0 Å². The molecule has 0 aromatic carbocycles. The normalized spacial score (nSPS) is 27.8. The summed E-state index contributed by atoms with van der Waals surface area (Å²) in [6, 6.07) is 0. The van der Waals surface area contributed by atoms with Crippen LogP contribution < -0.4 is 0 Å². The molecule has 108 valence electrons. The summed E-state index contributed by atoms with van der Waals surface area (Å²) in [4.78, 5) is 3.31. The predicted molar refractivity (Wildman–Crippen MR) is 112 cm³/mol. The van der Waals surface area contributed by atoms with Crippen molar-refractivity contribution >= 4 is 94.1 Å². The quantitative estimate of drug-likeness (QED) is 0.380. The van der Waals surface area contributed by atoms with Gasteiger partial charge in [0.1, 0.15) is 0 Å². The molecule has 0 unspecified atom stereocenters. The van der Waals surface area contributed by atoms with Gasteiger partial charge in [-0.15, -0.1) is 0 Å². The Morgan fingerprint density at radius 3 is 1.48 bits per heavy atom. The molecule has 0 spiro atoms. The van der Waals surface area contributed by atoms with Crippen molar-refractivity contribution in [1.82, 2.24) is 0 Å². The van der Waals surface area contributed by atoms with E-state index >= 15 is 0 Å². The van der Waals surface area contributed by atoms with Crippen LogP contribution in [-0.4, -0.2) is 0 Å². The maximum atomic E-state index is 2.18. The highest BCUT2D eigenvalue weighted by molar-refractivity contribution is 8.49. The third-order valence-electron chi connectivity index (χ3n) is 3.20. The van der Waals surface area contributed by atoms with Gasteiger partial charge in [-0.05, 0) is 30.1 Å². The van der Waals surface area contributed by atoms with Crippen LogP contribution in [0, 0.1) is 0 Å². The summed E-state index contributed by atoms with van der Waals surface area (Å²) in [6.07, 6.45) is 4.00. The topological polar surface area (TPSA) is 0 Å². The van der Waals surface area contributed by atoms with Gasteiger partial charge in [0.25, 0.3) is 0 Å². The SMILES string of the molecule is C1=CSC(=C2SC3=C(S2)SC(=C2SC4=C(CCC4)S2)S3)S1. The second kappa shape index (κ2) is 6.10. The molecule has 0 saturated carbocycles. The maximum absolute atomic E-state index is 2.18. The Balaban J connectivity index is 1.32. The first-order chi connectivity index (χ1) is 10.4. The first kappa shape index (κ1) is 14.8. The summed E-state index contributed by atoms with van der Waals surface area (Å²) in [5.74, 6) is 0. The molecule has 0 aromatic rings. The van der Waals surface area contributed by atoms with E-state index in [1.54, 1.807) is 14.0 Å². The van der Waals surface area contributed by atoms with E-state index < -0.39 is 0 Å². The Bertz CT molecular complexity index is 643. The zero-order valence-electron chi connectivity index (χ0n) is 10.5. The van der Waals surface area contributed by atoms with Gasteiger partial charge in [0, 0.05) is 9.81 Å². The van der Waals surface area contributed by atoms with Gasteiger partial charge in [0.2, 0.25) is 0 Å². The number of hydrogen-bond acceptors (Lipinski definition) is 8. The van der Waals surface area contributed by atoms with E-state index in [4.69, 9.17) is 0 Å². The van der Waals surface area contributed by atoms with E-state index in [9.17, 15) is 0 Å². The lowest BCUT2D eigenvalue weighted by Gasteiger charge is -2.07. The lowest BCUT2D eigenvalue weighted by Crippen LogP contribution is -1.74. The molecular weight excluding hydrogens is 413 g/mol. The van der Waals surface area contributed by atoms with Gasteiger partial charge in [-0.25, -0.2) is 0 Å². The Kier molecular flexibility index (Phi) is 4.30. The molecule has 5 rings (SSSR count). The predicted octanol–water partition coefficient (Wildman–Crippen LogP) is 8.15. The van der Waals surface area contributed by atoms with Gasteiger partial charge >= 0.3 is 0 Å². The van der Waals surface area contributed by atoms with E-state index in [-0.39, 0.29) is 0 Å². The maximum Gasteiger partial charge on any atom is 0.0718 e. The van der Waals surface area contributed by atoms with E-state index in [0.717, 1.165) is 0 Å². The fraction of sp³-hybridized carbons (Fsp3) is 0.231. The summed E-state index contributed by atoms with van der Waals surface area (Å²) in [6.45, 7) is 0.